The number of benzene rings is 1. The highest BCUT2D eigenvalue weighted by molar-refractivity contribution is 5.71. The molecule has 0 spiro atoms. The fourth-order valence-electron chi connectivity index (χ4n) is 2.28. The van der Waals surface area contributed by atoms with Crippen molar-refractivity contribution in [3.8, 4) is 11.3 Å². The van der Waals surface area contributed by atoms with E-state index in [4.69, 9.17) is 5.73 Å². The Kier molecular flexibility index (Phi) is 3.16. The third-order valence-electron chi connectivity index (χ3n) is 3.50. The van der Waals surface area contributed by atoms with Crippen molar-refractivity contribution in [1.29, 1.82) is 0 Å². The van der Waals surface area contributed by atoms with Crippen LogP contribution in [0, 0.1) is 13.8 Å². The first-order chi connectivity index (χ1) is 8.41. The quantitative estimate of drug-likeness (QED) is 0.878. The predicted octanol–water partition coefficient (Wildman–Crippen LogP) is 3.41. The van der Waals surface area contributed by atoms with Crippen LogP contribution < -0.4 is 5.73 Å². The Labute approximate surface area is 109 Å². The molecule has 0 aliphatic heterocycles. The molecule has 0 fully saturated rings. The number of hydrogen-bond donors (Lipinski definition) is 1. The highest BCUT2D eigenvalue weighted by Crippen LogP contribution is 2.31. The summed E-state index contributed by atoms with van der Waals surface area (Å²) in [5, 5.41) is 4.30. The van der Waals surface area contributed by atoms with E-state index in [2.05, 4.69) is 44.1 Å². The van der Waals surface area contributed by atoms with E-state index in [9.17, 15) is 0 Å². The molecule has 1 aromatic carbocycles. The Hall–Kier alpha value is -1.77. The lowest BCUT2D eigenvalue weighted by Gasteiger charge is -2.12. The smallest absolute Gasteiger partial charge is 0.148 e. The summed E-state index contributed by atoms with van der Waals surface area (Å²) in [6, 6.07) is 6.62. The van der Waals surface area contributed by atoms with Gasteiger partial charge in [0.15, 0.2) is 0 Å². The number of rotatable bonds is 2. The van der Waals surface area contributed by atoms with Gasteiger partial charge >= 0.3 is 0 Å². The molecule has 2 N–H and O–H groups in total. The van der Waals surface area contributed by atoms with Gasteiger partial charge in [-0.05, 0) is 37.0 Å². The molecule has 0 unspecified atom stereocenters. The minimum Gasteiger partial charge on any atom is -0.382 e. The average molecular weight is 243 g/mol. The van der Waals surface area contributed by atoms with Crippen molar-refractivity contribution in [2.75, 3.05) is 5.73 Å². The summed E-state index contributed by atoms with van der Waals surface area (Å²) in [6.45, 7) is 8.57. The molecule has 1 aromatic heterocycles. The van der Waals surface area contributed by atoms with Crippen LogP contribution in [-0.4, -0.2) is 9.78 Å². The van der Waals surface area contributed by atoms with Crippen molar-refractivity contribution in [3.05, 3.63) is 34.9 Å². The van der Waals surface area contributed by atoms with Crippen LogP contribution in [0.4, 0.5) is 5.82 Å². The molecule has 0 atom stereocenters. The van der Waals surface area contributed by atoms with Crippen molar-refractivity contribution in [1.82, 2.24) is 9.78 Å². The number of aromatic nitrogens is 2. The molecule has 0 saturated carbocycles. The lowest BCUT2D eigenvalue weighted by molar-refractivity contribution is 0.778. The number of hydrogen-bond acceptors (Lipinski definition) is 2. The summed E-state index contributed by atoms with van der Waals surface area (Å²) < 4.78 is 1.87. The molecule has 1 heterocycles. The highest BCUT2D eigenvalue weighted by atomic mass is 15.3. The molecule has 18 heavy (non-hydrogen) atoms. The zero-order valence-corrected chi connectivity index (χ0v) is 11.8. The number of nitrogens with two attached hydrogens (primary N) is 1. The van der Waals surface area contributed by atoms with Gasteiger partial charge in [0.05, 0.1) is 5.69 Å². The molecule has 0 saturated heterocycles. The van der Waals surface area contributed by atoms with Gasteiger partial charge in [0.1, 0.15) is 5.82 Å². The maximum Gasteiger partial charge on any atom is 0.148 e. The second kappa shape index (κ2) is 4.48. The summed E-state index contributed by atoms with van der Waals surface area (Å²) in [5.41, 5.74) is 11.9. The second-order valence-electron chi connectivity index (χ2n) is 5.21. The van der Waals surface area contributed by atoms with Crippen LogP contribution in [0.3, 0.4) is 0 Å². The van der Waals surface area contributed by atoms with E-state index in [0.29, 0.717) is 11.7 Å². The lowest BCUT2D eigenvalue weighted by atomic mass is 9.95. The molecule has 3 nitrogen and oxygen atoms in total. The predicted molar refractivity (Wildman–Crippen MR) is 76.6 cm³/mol. The summed E-state index contributed by atoms with van der Waals surface area (Å²) in [6.07, 6.45) is 0. The molecule has 3 heteroatoms. The van der Waals surface area contributed by atoms with Crippen molar-refractivity contribution in [3.63, 3.8) is 0 Å². The fraction of sp³-hybridized carbons (Fsp3) is 0.400. The van der Waals surface area contributed by atoms with Gasteiger partial charge < -0.3 is 5.73 Å². The molecule has 0 bridgehead atoms. The van der Waals surface area contributed by atoms with Crippen LogP contribution in [0.25, 0.3) is 11.3 Å². The van der Waals surface area contributed by atoms with Crippen LogP contribution in [0.1, 0.15) is 36.5 Å². The summed E-state index contributed by atoms with van der Waals surface area (Å²) in [4.78, 5) is 0. The van der Waals surface area contributed by atoms with E-state index in [0.717, 1.165) is 11.3 Å². The Morgan fingerprint density at radius 2 is 1.89 bits per heavy atom. The van der Waals surface area contributed by atoms with Crippen LogP contribution in [0.5, 0.6) is 0 Å². The van der Waals surface area contributed by atoms with Crippen LogP contribution >= 0.6 is 0 Å². The minimum atomic E-state index is 0.523. The molecule has 0 amide bonds. The Balaban J connectivity index is 2.66. The van der Waals surface area contributed by atoms with Crippen LogP contribution in [-0.2, 0) is 7.05 Å². The third kappa shape index (κ3) is 2.01. The molecule has 0 aliphatic carbocycles. The van der Waals surface area contributed by atoms with Gasteiger partial charge in [0, 0.05) is 18.2 Å². The van der Waals surface area contributed by atoms with Crippen molar-refractivity contribution in [2.45, 2.75) is 33.6 Å². The summed E-state index contributed by atoms with van der Waals surface area (Å²) in [7, 11) is 1.94. The van der Waals surface area contributed by atoms with Gasteiger partial charge in [-0.25, -0.2) is 0 Å². The molecule has 2 rings (SSSR count). The summed E-state index contributed by atoms with van der Waals surface area (Å²) in [5.74, 6) is 1.14. The van der Waals surface area contributed by atoms with Crippen LogP contribution in [0.15, 0.2) is 18.2 Å². The molecule has 0 radical (unpaired) electrons. The number of aryl methyl sites for hydroxylation is 2. The molecular formula is C15H21N3. The third-order valence-corrected chi connectivity index (χ3v) is 3.50. The molecule has 96 valence electrons. The second-order valence-corrected chi connectivity index (χ2v) is 5.21. The number of anilines is 1. The van der Waals surface area contributed by atoms with Gasteiger partial charge in [-0.1, -0.05) is 26.0 Å². The Morgan fingerprint density at radius 1 is 1.22 bits per heavy atom. The molecule has 2 aromatic rings. The van der Waals surface area contributed by atoms with Gasteiger partial charge in [0.2, 0.25) is 0 Å². The van der Waals surface area contributed by atoms with Gasteiger partial charge in [-0.2, -0.15) is 5.10 Å². The van der Waals surface area contributed by atoms with E-state index in [-0.39, 0.29) is 0 Å². The molecule has 0 aliphatic rings. The van der Waals surface area contributed by atoms with Gasteiger partial charge in [0.25, 0.3) is 0 Å². The standard InChI is InChI=1S/C15H21N3/c1-9(2)12-7-6-10(3)13(8-12)14-11(4)15(16)17-18(14)5/h6-9H,1-5H3,(H2,16,17). The van der Waals surface area contributed by atoms with E-state index in [1.807, 2.05) is 18.7 Å². The number of nitrogens with zero attached hydrogens (tertiary/aromatic N) is 2. The Morgan fingerprint density at radius 3 is 2.39 bits per heavy atom. The highest BCUT2D eigenvalue weighted by Gasteiger charge is 2.14. The van der Waals surface area contributed by atoms with Crippen LogP contribution in [0.2, 0.25) is 0 Å². The normalized spacial score (nSPS) is 11.2. The molecular weight excluding hydrogens is 222 g/mol. The van der Waals surface area contributed by atoms with E-state index in [1.165, 1.54) is 16.7 Å². The average Bonchev–Trinajstić information content (AvgIpc) is 2.54. The maximum atomic E-state index is 5.89. The van der Waals surface area contributed by atoms with Gasteiger partial charge in [-0.3, -0.25) is 4.68 Å². The van der Waals surface area contributed by atoms with E-state index in [1.54, 1.807) is 0 Å². The zero-order valence-electron chi connectivity index (χ0n) is 11.8. The van der Waals surface area contributed by atoms with Crippen molar-refractivity contribution in [2.24, 2.45) is 7.05 Å². The first-order valence-corrected chi connectivity index (χ1v) is 6.31. The first-order valence-electron chi connectivity index (χ1n) is 6.31. The van der Waals surface area contributed by atoms with Crippen molar-refractivity contribution < 1.29 is 0 Å². The topological polar surface area (TPSA) is 43.8 Å². The van der Waals surface area contributed by atoms with E-state index >= 15 is 0 Å². The van der Waals surface area contributed by atoms with E-state index < -0.39 is 0 Å². The minimum absolute atomic E-state index is 0.523. The fourth-order valence-corrected chi connectivity index (χ4v) is 2.28. The Bertz CT molecular complexity index is 580. The largest absolute Gasteiger partial charge is 0.382 e. The zero-order chi connectivity index (χ0) is 13.4. The van der Waals surface area contributed by atoms with Gasteiger partial charge in [-0.15, -0.1) is 0 Å². The summed E-state index contributed by atoms with van der Waals surface area (Å²) >= 11 is 0. The lowest BCUT2D eigenvalue weighted by Crippen LogP contribution is -1.98. The van der Waals surface area contributed by atoms with Crippen molar-refractivity contribution >= 4 is 5.82 Å². The monoisotopic (exact) mass is 243 g/mol. The number of nitrogen functional groups attached to an aromatic ring is 1. The maximum absolute atomic E-state index is 5.89. The first kappa shape index (κ1) is 12.7. The SMILES string of the molecule is Cc1ccc(C(C)C)cc1-c1c(C)c(N)nn1C.